The van der Waals surface area contributed by atoms with Gasteiger partial charge in [-0.2, -0.15) is 9.97 Å². The monoisotopic (exact) mass is 470 g/mol. The van der Waals surface area contributed by atoms with Crippen molar-refractivity contribution in [1.29, 1.82) is 0 Å². The van der Waals surface area contributed by atoms with Gasteiger partial charge in [-0.15, -0.1) is 0 Å². The first-order chi connectivity index (χ1) is 17.3. The van der Waals surface area contributed by atoms with Crippen molar-refractivity contribution in [3.8, 4) is 0 Å². The molecule has 0 bridgehead atoms. The zero-order chi connectivity index (χ0) is 23.5. The minimum atomic E-state index is 0.426. The van der Waals surface area contributed by atoms with E-state index in [1.165, 1.54) is 24.9 Å². The fourth-order valence-corrected chi connectivity index (χ4v) is 4.97. The molecule has 2 aliphatic rings. The smallest absolute Gasteiger partial charge is 0.231 e. The Morgan fingerprint density at radius 3 is 2.49 bits per heavy atom. The Hall–Kier alpha value is -3.72. The maximum absolute atomic E-state index is 5.48. The zero-order valence-corrected chi connectivity index (χ0v) is 19.7. The van der Waals surface area contributed by atoms with E-state index in [0.717, 1.165) is 61.7 Å². The molecule has 1 saturated heterocycles. The number of benzene rings is 1. The van der Waals surface area contributed by atoms with E-state index in [1.54, 1.807) is 12.4 Å². The number of pyridine rings is 1. The molecule has 0 unspecified atom stereocenters. The highest BCUT2D eigenvalue weighted by molar-refractivity contribution is 5.87. The minimum absolute atomic E-state index is 0.426. The quantitative estimate of drug-likeness (QED) is 0.404. The van der Waals surface area contributed by atoms with Gasteiger partial charge in [0, 0.05) is 36.7 Å². The second-order valence-corrected chi connectivity index (χ2v) is 9.15. The molecule has 0 radical (unpaired) electrons. The van der Waals surface area contributed by atoms with Gasteiger partial charge in [-0.3, -0.25) is 4.98 Å². The standard InChI is InChI=1S/C26H30N8O/c1-2-6-22(7-3-1)34-18-28-23-24(31-26(32-25(23)34)30-20-5-4-12-27-17-20)29-19-8-10-21(11-9-19)33-13-15-35-16-14-33/h4-5,8-12,17-18,22H,1-3,6-7,13-16H2,(H2,29,30,31,32). The van der Waals surface area contributed by atoms with E-state index < -0.39 is 0 Å². The van der Waals surface area contributed by atoms with Crippen LogP contribution in [0.4, 0.5) is 28.8 Å². The Bertz CT molecular complexity index is 1260. The summed E-state index contributed by atoms with van der Waals surface area (Å²) < 4.78 is 7.71. The molecule has 9 nitrogen and oxygen atoms in total. The van der Waals surface area contributed by atoms with Crippen molar-refractivity contribution in [3.05, 3.63) is 55.1 Å². The Balaban J connectivity index is 1.33. The molecule has 4 heterocycles. The van der Waals surface area contributed by atoms with E-state index in [0.29, 0.717) is 17.8 Å². The second kappa shape index (κ2) is 9.87. The van der Waals surface area contributed by atoms with Crippen molar-refractivity contribution in [1.82, 2.24) is 24.5 Å². The number of imidazole rings is 1. The molecular weight excluding hydrogens is 440 g/mol. The van der Waals surface area contributed by atoms with Gasteiger partial charge >= 0.3 is 0 Å². The van der Waals surface area contributed by atoms with Gasteiger partial charge in [0.25, 0.3) is 0 Å². The number of hydrogen-bond acceptors (Lipinski definition) is 8. The average molecular weight is 471 g/mol. The number of nitrogens with one attached hydrogen (secondary N) is 2. The van der Waals surface area contributed by atoms with E-state index >= 15 is 0 Å². The summed E-state index contributed by atoms with van der Waals surface area (Å²) in [5.41, 5.74) is 4.64. The fourth-order valence-electron chi connectivity index (χ4n) is 4.97. The summed E-state index contributed by atoms with van der Waals surface area (Å²) in [5.74, 6) is 1.21. The molecule has 6 rings (SSSR count). The SMILES string of the molecule is c1cncc(Nc2nc(Nc3ccc(N4CCOCC4)cc3)c3ncn(C4CCCCC4)c3n2)c1. The lowest BCUT2D eigenvalue weighted by molar-refractivity contribution is 0.122. The minimum Gasteiger partial charge on any atom is -0.378 e. The summed E-state index contributed by atoms with van der Waals surface area (Å²) in [5, 5.41) is 6.80. The normalized spacial score (nSPS) is 17.0. The summed E-state index contributed by atoms with van der Waals surface area (Å²) in [6.45, 7) is 3.38. The van der Waals surface area contributed by atoms with Crippen LogP contribution in [0.15, 0.2) is 55.1 Å². The highest BCUT2D eigenvalue weighted by Gasteiger charge is 2.21. The van der Waals surface area contributed by atoms with Crippen LogP contribution in [0.5, 0.6) is 0 Å². The van der Waals surface area contributed by atoms with E-state index in [4.69, 9.17) is 19.7 Å². The third kappa shape index (κ3) is 4.77. The van der Waals surface area contributed by atoms with Gasteiger partial charge < -0.3 is 24.8 Å². The fraction of sp³-hybridized carbons (Fsp3) is 0.385. The Morgan fingerprint density at radius 2 is 1.71 bits per heavy atom. The average Bonchev–Trinajstić information content (AvgIpc) is 3.35. The first-order valence-corrected chi connectivity index (χ1v) is 12.4. The van der Waals surface area contributed by atoms with Gasteiger partial charge in [0.1, 0.15) is 0 Å². The molecule has 35 heavy (non-hydrogen) atoms. The third-order valence-corrected chi connectivity index (χ3v) is 6.81. The predicted molar refractivity (Wildman–Crippen MR) is 138 cm³/mol. The highest BCUT2D eigenvalue weighted by Crippen LogP contribution is 2.33. The molecule has 0 amide bonds. The van der Waals surface area contributed by atoms with Gasteiger partial charge in [0.15, 0.2) is 17.0 Å². The summed E-state index contributed by atoms with van der Waals surface area (Å²) in [6, 6.07) is 12.7. The first kappa shape index (κ1) is 21.8. The van der Waals surface area contributed by atoms with Crippen molar-refractivity contribution >= 4 is 40.0 Å². The van der Waals surface area contributed by atoms with Gasteiger partial charge in [0.05, 0.1) is 31.4 Å². The van der Waals surface area contributed by atoms with E-state index in [1.807, 2.05) is 18.5 Å². The maximum atomic E-state index is 5.48. The molecule has 180 valence electrons. The number of ether oxygens (including phenoxy) is 1. The van der Waals surface area contributed by atoms with E-state index in [-0.39, 0.29) is 0 Å². The zero-order valence-electron chi connectivity index (χ0n) is 19.7. The van der Waals surface area contributed by atoms with Crippen molar-refractivity contribution in [2.45, 2.75) is 38.1 Å². The van der Waals surface area contributed by atoms with E-state index in [2.05, 4.69) is 49.4 Å². The first-order valence-electron chi connectivity index (χ1n) is 12.4. The molecule has 2 N–H and O–H groups in total. The number of aromatic nitrogens is 5. The number of fused-ring (bicyclic) bond motifs is 1. The van der Waals surface area contributed by atoms with Crippen molar-refractivity contribution in [2.24, 2.45) is 0 Å². The highest BCUT2D eigenvalue weighted by atomic mass is 16.5. The summed E-state index contributed by atoms with van der Waals surface area (Å²) in [6.07, 6.45) is 11.6. The molecule has 1 saturated carbocycles. The van der Waals surface area contributed by atoms with Crippen LogP contribution in [0.2, 0.25) is 0 Å². The topological polar surface area (TPSA) is 93.0 Å². The van der Waals surface area contributed by atoms with Crippen LogP contribution < -0.4 is 15.5 Å². The number of hydrogen-bond donors (Lipinski definition) is 2. The van der Waals surface area contributed by atoms with Gasteiger partial charge in [-0.1, -0.05) is 19.3 Å². The lowest BCUT2D eigenvalue weighted by atomic mass is 9.95. The molecule has 1 aliphatic carbocycles. The number of nitrogens with zero attached hydrogens (tertiary/aromatic N) is 6. The van der Waals surface area contributed by atoms with Crippen LogP contribution in [0.3, 0.4) is 0 Å². The molecule has 0 atom stereocenters. The number of rotatable bonds is 6. The largest absolute Gasteiger partial charge is 0.378 e. The molecule has 3 aromatic heterocycles. The Labute approximate surface area is 204 Å². The summed E-state index contributed by atoms with van der Waals surface area (Å²) >= 11 is 0. The third-order valence-electron chi connectivity index (χ3n) is 6.81. The molecule has 0 spiro atoms. The maximum Gasteiger partial charge on any atom is 0.231 e. The lowest BCUT2D eigenvalue weighted by Gasteiger charge is -2.28. The molecule has 9 heteroatoms. The molecule has 1 aliphatic heterocycles. The molecule has 2 fully saturated rings. The number of anilines is 5. The number of morpholine rings is 1. The molecule has 1 aromatic carbocycles. The van der Waals surface area contributed by atoms with Crippen LogP contribution in [0, 0.1) is 0 Å². The van der Waals surface area contributed by atoms with Gasteiger partial charge in [0.2, 0.25) is 5.95 Å². The van der Waals surface area contributed by atoms with Gasteiger partial charge in [-0.05, 0) is 49.2 Å². The van der Waals surface area contributed by atoms with Crippen molar-refractivity contribution < 1.29 is 4.74 Å². The van der Waals surface area contributed by atoms with Crippen LogP contribution in [-0.2, 0) is 4.74 Å². The lowest BCUT2D eigenvalue weighted by Crippen LogP contribution is -2.36. The Kier molecular flexibility index (Phi) is 6.15. The second-order valence-electron chi connectivity index (χ2n) is 9.15. The van der Waals surface area contributed by atoms with Crippen LogP contribution >= 0.6 is 0 Å². The molecular formula is C26H30N8O. The van der Waals surface area contributed by atoms with Crippen LogP contribution in [-0.4, -0.2) is 50.8 Å². The van der Waals surface area contributed by atoms with Crippen LogP contribution in [0.1, 0.15) is 38.1 Å². The molecule has 4 aromatic rings. The summed E-state index contributed by atoms with van der Waals surface area (Å²) in [4.78, 5) is 21.0. The predicted octanol–water partition coefficient (Wildman–Crippen LogP) is 5.05. The van der Waals surface area contributed by atoms with E-state index in [9.17, 15) is 0 Å². The van der Waals surface area contributed by atoms with Crippen molar-refractivity contribution in [2.75, 3.05) is 41.8 Å². The summed E-state index contributed by atoms with van der Waals surface area (Å²) in [7, 11) is 0. The van der Waals surface area contributed by atoms with Crippen molar-refractivity contribution in [3.63, 3.8) is 0 Å². The Morgan fingerprint density at radius 1 is 0.886 bits per heavy atom. The van der Waals surface area contributed by atoms with Gasteiger partial charge in [-0.25, -0.2) is 4.98 Å². The van der Waals surface area contributed by atoms with Crippen LogP contribution in [0.25, 0.3) is 11.2 Å².